The molecule has 0 aromatic rings. The van der Waals surface area contributed by atoms with Gasteiger partial charge in [0.15, 0.2) is 0 Å². The van der Waals surface area contributed by atoms with Crippen molar-refractivity contribution in [3.05, 3.63) is 0 Å². The Morgan fingerprint density at radius 1 is 0.429 bits per heavy atom. The predicted octanol–water partition coefficient (Wildman–Crippen LogP) is 3.97. The normalized spacial score (nSPS) is 12.6. The summed E-state index contributed by atoms with van der Waals surface area (Å²) in [5, 5.41) is 14.2. The lowest BCUT2D eigenvalue weighted by Crippen LogP contribution is -2.26. The molecular formula is C22H50N4S2. The van der Waals surface area contributed by atoms with Crippen LogP contribution in [0.25, 0.3) is 0 Å². The van der Waals surface area contributed by atoms with Crippen LogP contribution in [0, 0.1) is 0 Å². The molecule has 0 fully saturated rings. The van der Waals surface area contributed by atoms with Gasteiger partial charge < -0.3 is 21.3 Å². The van der Waals surface area contributed by atoms with Crippen LogP contribution in [0.2, 0.25) is 0 Å². The maximum Gasteiger partial charge on any atom is 0.00755 e. The standard InChI is InChI=1S/C22H50N4S2/c1-21(2,3)27-19-17-25-15-9-13-23-11-7-8-12-24-14-10-16-26-18-20-28-22(4,5)6/h23-26H,7-20H2,1-6H3. The van der Waals surface area contributed by atoms with Gasteiger partial charge in [0.05, 0.1) is 0 Å². The Labute approximate surface area is 185 Å². The van der Waals surface area contributed by atoms with Crippen molar-refractivity contribution in [3.8, 4) is 0 Å². The Bertz CT molecular complexity index is 295. The molecule has 0 saturated carbocycles. The summed E-state index contributed by atoms with van der Waals surface area (Å²) in [6, 6.07) is 0. The Morgan fingerprint density at radius 3 is 1.04 bits per heavy atom. The maximum atomic E-state index is 3.56. The van der Waals surface area contributed by atoms with Gasteiger partial charge in [-0.25, -0.2) is 0 Å². The number of rotatable bonds is 19. The quantitative estimate of drug-likeness (QED) is 0.231. The largest absolute Gasteiger partial charge is 0.317 e. The Balaban J connectivity index is 3.07. The van der Waals surface area contributed by atoms with Crippen LogP contribution in [0.15, 0.2) is 0 Å². The zero-order valence-corrected chi connectivity index (χ0v) is 21.3. The number of unbranched alkanes of at least 4 members (excludes halogenated alkanes) is 1. The Hall–Kier alpha value is 0.540. The molecule has 0 atom stereocenters. The molecule has 0 spiro atoms. The summed E-state index contributed by atoms with van der Waals surface area (Å²) in [5.41, 5.74) is 0. The number of hydrogen-bond acceptors (Lipinski definition) is 6. The number of thioether (sulfide) groups is 2. The summed E-state index contributed by atoms with van der Waals surface area (Å²) in [6.07, 6.45) is 4.98. The monoisotopic (exact) mass is 434 g/mol. The predicted molar refractivity (Wildman–Crippen MR) is 134 cm³/mol. The summed E-state index contributed by atoms with van der Waals surface area (Å²) in [7, 11) is 0. The molecule has 0 aromatic carbocycles. The molecule has 0 aliphatic rings. The first-order valence-corrected chi connectivity index (χ1v) is 13.3. The molecule has 0 aliphatic heterocycles. The van der Waals surface area contributed by atoms with E-state index in [1.54, 1.807) is 0 Å². The highest BCUT2D eigenvalue weighted by molar-refractivity contribution is 8.00. The summed E-state index contributed by atoms with van der Waals surface area (Å²) in [4.78, 5) is 0. The smallest absolute Gasteiger partial charge is 0.00755 e. The van der Waals surface area contributed by atoms with Crippen LogP contribution in [0.3, 0.4) is 0 Å². The van der Waals surface area contributed by atoms with Crippen molar-refractivity contribution in [2.45, 2.75) is 76.7 Å². The van der Waals surface area contributed by atoms with Gasteiger partial charge in [-0.15, -0.1) is 0 Å². The summed E-state index contributed by atoms with van der Waals surface area (Å²) >= 11 is 4.07. The lowest BCUT2D eigenvalue weighted by Gasteiger charge is -2.17. The molecule has 0 heterocycles. The van der Waals surface area contributed by atoms with E-state index in [9.17, 15) is 0 Å². The van der Waals surface area contributed by atoms with Crippen LogP contribution in [0.5, 0.6) is 0 Å². The van der Waals surface area contributed by atoms with E-state index in [2.05, 4.69) is 62.8 Å². The molecule has 0 saturated heterocycles. The fraction of sp³-hybridized carbons (Fsp3) is 1.00. The molecule has 170 valence electrons. The van der Waals surface area contributed by atoms with E-state index in [1.807, 2.05) is 23.5 Å². The van der Waals surface area contributed by atoms with E-state index in [4.69, 9.17) is 0 Å². The molecule has 0 bridgehead atoms. The molecule has 0 aromatic heterocycles. The number of nitrogens with one attached hydrogen (secondary N) is 4. The molecule has 4 N–H and O–H groups in total. The van der Waals surface area contributed by atoms with Crippen molar-refractivity contribution >= 4 is 23.5 Å². The molecule has 4 nitrogen and oxygen atoms in total. The van der Waals surface area contributed by atoms with Gasteiger partial charge in [0.25, 0.3) is 0 Å². The topological polar surface area (TPSA) is 48.1 Å². The van der Waals surface area contributed by atoms with Gasteiger partial charge in [-0.2, -0.15) is 23.5 Å². The van der Waals surface area contributed by atoms with E-state index < -0.39 is 0 Å². The molecule has 28 heavy (non-hydrogen) atoms. The molecule has 0 unspecified atom stereocenters. The maximum absolute atomic E-state index is 3.56. The van der Waals surface area contributed by atoms with Gasteiger partial charge in [-0.1, -0.05) is 41.5 Å². The molecule has 0 radical (unpaired) electrons. The van der Waals surface area contributed by atoms with Gasteiger partial charge in [0.2, 0.25) is 0 Å². The zero-order chi connectivity index (χ0) is 21.1. The van der Waals surface area contributed by atoms with Crippen LogP contribution < -0.4 is 21.3 Å². The van der Waals surface area contributed by atoms with Gasteiger partial charge in [-0.05, 0) is 65.0 Å². The molecular weight excluding hydrogens is 384 g/mol. The van der Waals surface area contributed by atoms with Gasteiger partial charge in [0, 0.05) is 34.1 Å². The Morgan fingerprint density at radius 2 is 0.714 bits per heavy atom. The summed E-state index contributed by atoms with van der Waals surface area (Å²) in [6.45, 7) is 22.7. The lowest BCUT2D eigenvalue weighted by molar-refractivity contribution is 0.552. The van der Waals surface area contributed by atoms with Crippen LogP contribution in [-0.4, -0.2) is 73.4 Å². The first-order valence-electron chi connectivity index (χ1n) is 11.3. The zero-order valence-electron chi connectivity index (χ0n) is 19.7. The second kappa shape index (κ2) is 18.3. The van der Waals surface area contributed by atoms with E-state index >= 15 is 0 Å². The molecule has 0 rings (SSSR count). The minimum Gasteiger partial charge on any atom is -0.317 e. The fourth-order valence-corrected chi connectivity index (χ4v) is 4.25. The first kappa shape index (κ1) is 28.5. The second-order valence-electron chi connectivity index (χ2n) is 9.34. The second-order valence-corrected chi connectivity index (χ2v) is 13.2. The van der Waals surface area contributed by atoms with Crippen molar-refractivity contribution in [3.63, 3.8) is 0 Å². The van der Waals surface area contributed by atoms with Crippen LogP contribution in [-0.2, 0) is 0 Å². The average molecular weight is 435 g/mol. The average Bonchev–Trinajstić information content (AvgIpc) is 2.58. The minimum absolute atomic E-state index is 0.389. The highest BCUT2D eigenvalue weighted by Gasteiger charge is 2.09. The van der Waals surface area contributed by atoms with Crippen molar-refractivity contribution < 1.29 is 0 Å². The van der Waals surface area contributed by atoms with Crippen molar-refractivity contribution in [1.82, 2.24) is 21.3 Å². The third-order valence-corrected chi connectivity index (χ3v) is 6.55. The van der Waals surface area contributed by atoms with Crippen LogP contribution in [0.4, 0.5) is 0 Å². The van der Waals surface area contributed by atoms with Gasteiger partial charge in [0.1, 0.15) is 0 Å². The SMILES string of the molecule is CC(C)(C)SCCNCCCNCCCCNCCCNCCSC(C)(C)C. The summed E-state index contributed by atoms with van der Waals surface area (Å²) in [5.74, 6) is 2.41. The van der Waals surface area contributed by atoms with Gasteiger partial charge in [-0.3, -0.25) is 0 Å². The first-order chi connectivity index (χ1) is 13.2. The van der Waals surface area contributed by atoms with E-state index in [-0.39, 0.29) is 0 Å². The highest BCUT2D eigenvalue weighted by atomic mass is 32.2. The lowest BCUT2D eigenvalue weighted by atomic mass is 10.3. The van der Waals surface area contributed by atoms with Crippen LogP contribution >= 0.6 is 23.5 Å². The minimum atomic E-state index is 0.389. The van der Waals surface area contributed by atoms with Crippen molar-refractivity contribution in [2.24, 2.45) is 0 Å². The molecule has 0 amide bonds. The molecule has 6 heteroatoms. The number of hydrogen-bond donors (Lipinski definition) is 4. The van der Waals surface area contributed by atoms with Crippen molar-refractivity contribution in [2.75, 3.05) is 63.9 Å². The van der Waals surface area contributed by atoms with Crippen molar-refractivity contribution in [1.29, 1.82) is 0 Å². The molecule has 0 aliphatic carbocycles. The highest BCUT2D eigenvalue weighted by Crippen LogP contribution is 2.22. The van der Waals surface area contributed by atoms with E-state index in [0.717, 1.165) is 52.4 Å². The van der Waals surface area contributed by atoms with E-state index in [1.165, 1.54) is 37.2 Å². The third-order valence-electron chi connectivity index (χ3n) is 4.00. The Kier molecular flexibility index (Phi) is 18.7. The fourth-order valence-electron chi connectivity index (χ4n) is 2.54. The summed E-state index contributed by atoms with van der Waals surface area (Å²) < 4.78 is 0.778. The van der Waals surface area contributed by atoms with Crippen LogP contribution in [0.1, 0.15) is 67.2 Å². The van der Waals surface area contributed by atoms with Gasteiger partial charge >= 0.3 is 0 Å². The third kappa shape index (κ3) is 26.5. The van der Waals surface area contributed by atoms with E-state index in [0.29, 0.717) is 9.49 Å².